The Labute approximate surface area is 139 Å². The standard InChI is InChI=1S/C16H21N7O/c1-11(16-18-12(2)21-24-16)23-8-6-22(7-9-23)10-14-19-13-4-3-5-17-15(13)20-14/h3-5,11H,6-10H2,1-2H3,(H,17,19,20)/t11-/m1/s1. The zero-order valence-electron chi connectivity index (χ0n) is 13.9. The van der Waals surface area contributed by atoms with Gasteiger partial charge in [-0.15, -0.1) is 0 Å². The van der Waals surface area contributed by atoms with E-state index in [9.17, 15) is 0 Å². The van der Waals surface area contributed by atoms with Gasteiger partial charge in [-0.25, -0.2) is 9.97 Å². The van der Waals surface area contributed by atoms with Crippen LogP contribution in [-0.2, 0) is 6.54 Å². The van der Waals surface area contributed by atoms with Crippen LogP contribution in [0.1, 0.15) is 30.5 Å². The van der Waals surface area contributed by atoms with Gasteiger partial charge in [0.05, 0.1) is 18.1 Å². The second-order valence-corrected chi connectivity index (χ2v) is 6.23. The number of nitrogens with zero attached hydrogens (tertiary/aromatic N) is 6. The molecular weight excluding hydrogens is 306 g/mol. The molecule has 0 amide bonds. The SMILES string of the molecule is Cc1noc([C@@H](C)N2CCN(Cc3nc4ncccc4[nH]3)CC2)n1. The first-order valence-electron chi connectivity index (χ1n) is 8.25. The summed E-state index contributed by atoms with van der Waals surface area (Å²) in [4.78, 5) is 21.3. The van der Waals surface area contributed by atoms with Crippen LogP contribution in [0.2, 0.25) is 0 Å². The Morgan fingerprint density at radius 1 is 1.25 bits per heavy atom. The van der Waals surface area contributed by atoms with E-state index in [-0.39, 0.29) is 6.04 Å². The van der Waals surface area contributed by atoms with E-state index in [4.69, 9.17) is 4.52 Å². The van der Waals surface area contributed by atoms with Crippen molar-refractivity contribution in [2.75, 3.05) is 26.2 Å². The van der Waals surface area contributed by atoms with Crippen LogP contribution in [0.4, 0.5) is 0 Å². The number of piperazine rings is 1. The summed E-state index contributed by atoms with van der Waals surface area (Å²) in [5, 5.41) is 3.88. The molecule has 4 rings (SSSR count). The molecule has 1 N–H and O–H groups in total. The maximum atomic E-state index is 5.30. The van der Waals surface area contributed by atoms with Gasteiger partial charge in [-0.05, 0) is 26.0 Å². The van der Waals surface area contributed by atoms with Crippen LogP contribution in [-0.4, -0.2) is 61.1 Å². The average Bonchev–Trinajstić information content (AvgIpc) is 3.20. The zero-order chi connectivity index (χ0) is 16.5. The summed E-state index contributed by atoms with van der Waals surface area (Å²) in [6.45, 7) is 8.71. The quantitative estimate of drug-likeness (QED) is 0.777. The van der Waals surface area contributed by atoms with E-state index in [0.29, 0.717) is 11.7 Å². The Balaban J connectivity index is 1.35. The third-order valence-electron chi connectivity index (χ3n) is 4.54. The second kappa shape index (κ2) is 6.29. The lowest BCUT2D eigenvalue weighted by Crippen LogP contribution is -2.46. The molecular formula is C16H21N7O. The fourth-order valence-corrected chi connectivity index (χ4v) is 3.13. The van der Waals surface area contributed by atoms with E-state index in [1.807, 2.05) is 19.1 Å². The molecule has 0 spiro atoms. The number of aromatic amines is 1. The van der Waals surface area contributed by atoms with Crippen molar-refractivity contribution in [1.82, 2.24) is 34.9 Å². The molecule has 1 saturated heterocycles. The summed E-state index contributed by atoms with van der Waals surface area (Å²) in [7, 11) is 0. The molecule has 1 atom stereocenters. The van der Waals surface area contributed by atoms with E-state index in [1.165, 1.54) is 0 Å². The molecule has 8 nitrogen and oxygen atoms in total. The van der Waals surface area contributed by atoms with Crippen LogP contribution in [0.3, 0.4) is 0 Å². The Kier molecular flexibility index (Phi) is 3.99. The molecule has 24 heavy (non-hydrogen) atoms. The maximum absolute atomic E-state index is 5.30. The van der Waals surface area contributed by atoms with Gasteiger partial charge in [0, 0.05) is 32.4 Å². The number of hydrogen-bond donors (Lipinski definition) is 1. The normalized spacial score (nSPS) is 18.2. The monoisotopic (exact) mass is 327 g/mol. The molecule has 0 bridgehead atoms. The van der Waals surface area contributed by atoms with Gasteiger partial charge in [0.15, 0.2) is 11.5 Å². The third kappa shape index (κ3) is 3.02. The first-order chi connectivity index (χ1) is 11.7. The van der Waals surface area contributed by atoms with Gasteiger partial charge in [0.2, 0.25) is 5.89 Å². The predicted molar refractivity (Wildman–Crippen MR) is 88.2 cm³/mol. The Bertz CT molecular complexity index is 786. The van der Waals surface area contributed by atoms with Crippen LogP contribution in [0.25, 0.3) is 11.2 Å². The van der Waals surface area contributed by atoms with Crippen molar-refractivity contribution in [3.8, 4) is 0 Å². The first kappa shape index (κ1) is 15.2. The van der Waals surface area contributed by atoms with Gasteiger partial charge in [-0.3, -0.25) is 9.80 Å². The topological polar surface area (TPSA) is 87.0 Å². The van der Waals surface area contributed by atoms with Crippen LogP contribution in [0.5, 0.6) is 0 Å². The molecule has 0 unspecified atom stereocenters. The van der Waals surface area contributed by atoms with Crippen molar-refractivity contribution in [1.29, 1.82) is 0 Å². The van der Waals surface area contributed by atoms with E-state index < -0.39 is 0 Å². The molecule has 1 aliphatic heterocycles. The number of nitrogens with one attached hydrogen (secondary N) is 1. The van der Waals surface area contributed by atoms with Crippen molar-refractivity contribution >= 4 is 11.2 Å². The highest BCUT2D eigenvalue weighted by Gasteiger charge is 2.25. The van der Waals surface area contributed by atoms with Gasteiger partial charge in [0.25, 0.3) is 0 Å². The predicted octanol–water partition coefficient (Wildman–Crippen LogP) is 1.53. The van der Waals surface area contributed by atoms with Crippen LogP contribution < -0.4 is 0 Å². The number of imidazole rings is 1. The van der Waals surface area contributed by atoms with E-state index in [1.54, 1.807) is 6.20 Å². The van der Waals surface area contributed by atoms with Gasteiger partial charge in [-0.2, -0.15) is 4.98 Å². The number of pyridine rings is 1. The minimum atomic E-state index is 0.156. The lowest BCUT2D eigenvalue weighted by molar-refractivity contribution is 0.0833. The van der Waals surface area contributed by atoms with Crippen LogP contribution in [0, 0.1) is 6.92 Å². The van der Waals surface area contributed by atoms with Gasteiger partial charge < -0.3 is 9.51 Å². The van der Waals surface area contributed by atoms with Crippen molar-refractivity contribution < 1.29 is 4.52 Å². The third-order valence-corrected chi connectivity index (χ3v) is 4.54. The molecule has 0 radical (unpaired) electrons. The average molecular weight is 327 g/mol. The summed E-state index contributed by atoms with van der Waals surface area (Å²) in [6, 6.07) is 4.08. The number of aromatic nitrogens is 5. The molecule has 4 heterocycles. The molecule has 126 valence electrons. The van der Waals surface area contributed by atoms with Gasteiger partial charge in [-0.1, -0.05) is 5.16 Å². The Hall–Kier alpha value is -2.32. The van der Waals surface area contributed by atoms with E-state index in [0.717, 1.165) is 49.7 Å². The first-order valence-corrected chi connectivity index (χ1v) is 8.25. The summed E-state index contributed by atoms with van der Waals surface area (Å²) in [5.74, 6) is 2.36. The number of rotatable bonds is 4. The van der Waals surface area contributed by atoms with Crippen LogP contribution in [0.15, 0.2) is 22.9 Å². The molecule has 1 fully saturated rings. The summed E-state index contributed by atoms with van der Waals surface area (Å²) in [6.07, 6.45) is 1.77. The Morgan fingerprint density at radius 2 is 2.08 bits per heavy atom. The molecule has 8 heteroatoms. The summed E-state index contributed by atoms with van der Waals surface area (Å²) >= 11 is 0. The van der Waals surface area contributed by atoms with E-state index in [2.05, 4.69) is 41.8 Å². The lowest BCUT2D eigenvalue weighted by Gasteiger charge is -2.36. The number of H-pyrrole nitrogens is 1. The van der Waals surface area contributed by atoms with Crippen molar-refractivity contribution in [2.24, 2.45) is 0 Å². The highest BCUT2D eigenvalue weighted by Crippen LogP contribution is 2.20. The number of fused-ring (bicyclic) bond motifs is 1. The Morgan fingerprint density at radius 3 is 2.79 bits per heavy atom. The van der Waals surface area contributed by atoms with Gasteiger partial charge >= 0.3 is 0 Å². The summed E-state index contributed by atoms with van der Waals surface area (Å²) < 4.78 is 5.30. The molecule has 0 aromatic carbocycles. The van der Waals surface area contributed by atoms with Crippen molar-refractivity contribution in [3.05, 3.63) is 35.9 Å². The molecule has 0 aliphatic carbocycles. The minimum absolute atomic E-state index is 0.156. The lowest BCUT2D eigenvalue weighted by atomic mass is 10.2. The fraction of sp³-hybridized carbons (Fsp3) is 0.500. The highest BCUT2D eigenvalue weighted by atomic mass is 16.5. The molecule has 3 aromatic rings. The zero-order valence-corrected chi connectivity index (χ0v) is 13.9. The minimum Gasteiger partial charge on any atom is -0.340 e. The molecule has 1 aliphatic rings. The van der Waals surface area contributed by atoms with E-state index >= 15 is 0 Å². The van der Waals surface area contributed by atoms with Crippen molar-refractivity contribution in [3.63, 3.8) is 0 Å². The fourth-order valence-electron chi connectivity index (χ4n) is 3.13. The molecule has 3 aromatic heterocycles. The highest BCUT2D eigenvalue weighted by molar-refractivity contribution is 5.69. The molecule has 0 saturated carbocycles. The second-order valence-electron chi connectivity index (χ2n) is 6.23. The largest absolute Gasteiger partial charge is 0.340 e. The van der Waals surface area contributed by atoms with Gasteiger partial charge in [0.1, 0.15) is 5.82 Å². The number of aryl methyl sites for hydroxylation is 1. The van der Waals surface area contributed by atoms with Crippen molar-refractivity contribution in [2.45, 2.75) is 26.4 Å². The van der Waals surface area contributed by atoms with Crippen LogP contribution >= 0.6 is 0 Å². The smallest absolute Gasteiger partial charge is 0.243 e. The summed E-state index contributed by atoms with van der Waals surface area (Å²) in [5.41, 5.74) is 1.78. The number of hydrogen-bond acceptors (Lipinski definition) is 7. The maximum Gasteiger partial charge on any atom is 0.243 e.